The minimum Gasteiger partial charge on any atom is -0.493 e. The molecule has 2 aromatic carbocycles. The van der Waals surface area contributed by atoms with Gasteiger partial charge in [-0.2, -0.15) is 0 Å². The van der Waals surface area contributed by atoms with Gasteiger partial charge in [-0.3, -0.25) is 9.69 Å². The Morgan fingerprint density at radius 3 is 2.55 bits per heavy atom. The lowest BCUT2D eigenvalue weighted by atomic mass is 10.1. The van der Waals surface area contributed by atoms with E-state index >= 15 is 0 Å². The van der Waals surface area contributed by atoms with E-state index in [9.17, 15) is 9.59 Å². The first-order valence-corrected chi connectivity index (χ1v) is 10.7. The van der Waals surface area contributed by atoms with Gasteiger partial charge in [0.15, 0.2) is 16.7 Å². The number of hydrogen-bond acceptors (Lipinski definition) is 6. The standard InChI is InChI=1S/C23H24N2O5S/c1-4-13-30-20-16(7-6-8-18(20)29-3)14-19-21(26)25(5-2)23(31-19)24-17-11-9-15(10-12-17)22(27)28/h6-12,14H,4-5,13H2,1-3H3,(H,27,28)/b19-14+,24-23?. The number of likely N-dealkylation sites (N-methyl/N-ethyl adjacent to an activating group) is 1. The number of carboxylic acid groups (broad SMARTS) is 1. The molecule has 0 radical (unpaired) electrons. The van der Waals surface area contributed by atoms with Crippen LogP contribution in [0.1, 0.15) is 36.2 Å². The molecule has 162 valence electrons. The van der Waals surface area contributed by atoms with Gasteiger partial charge in [0.25, 0.3) is 5.91 Å². The maximum Gasteiger partial charge on any atom is 0.335 e. The average molecular weight is 441 g/mol. The molecule has 0 spiro atoms. The first-order chi connectivity index (χ1) is 15.0. The molecule has 1 fully saturated rings. The predicted molar refractivity (Wildman–Crippen MR) is 122 cm³/mol. The molecule has 0 aromatic heterocycles. The fourth-order valence-corrected chi connectivity index (χ4v) is 4.02. The number of amidine groups is 1. The van der Waals surface area contributed by atoms with Crippen LogP contribution in [0.2, 0.25) is 0 Å². The van der Waals surface area contributed by atoms with Crippen molar-refractivity contribution in [2.45, 2.75) is 20.3 Å². The van der Waals surface area contributed by atoms with Gasteiger partial charge in [-0.25, -0.2) is 9.79 Å². The van der Waals surface area contributed by atoms with Gasteiger partial charge in [0.2, 0.25) is 0 Å². The summed E-state index contributed by atoms with van der Waals surface area (Å²) < 4.78 is 11.3. The third kappa shape index (κ3) is 5.08. The first-order valence-electron chi connectivity index (χ1n) is 9.91. The van der Waals surface area contributed by atoms with E-state index < -0.39 is 5.97 Å². The van der Waals surface area contributed by atoms with Crippen molar-refractivity contribution in [1.82, 2.24) is 4.90 Å². The van der Waals surface area contributed by atoms with Gasteiger partial charge in [0, 0.05) is 12.1 Å². The first kappa shape index (κ1) is 22.4. The lowest BCUT2D eigenvalue weighted by Gasteiger charge is -2.13. The van der Waals surface area contributed by atoms with Crippen LogP contribution in [0.3, 0.4) is 0 Å². The van der Waals surface area contributed by atoms with Gasteiger partial charge in [-0.05, 0) is 61.5 Å². The predicted octanol–water partition coefficient (Wildman–Crippen LogP) is 4.81. The Morgan fingerprint density at radius 1 is 1.19 bits per heavy atom. The van der Waals surface area contributed by atoms with Gasteiger partial charge in [-0.1, -0.05) is 19.1 Å². The minimum atomic E-state index is -0.996. The monoisotopic (exact) mass is 440 g/mol. The van der Waals surface area contributed by atoms with Crippen molar-refractivity contribution in [3.8, 4) is 11.5 Å². The second-order valence-corrected chi connectivity index (χ2v) is 7.64. The van der Waals surface area contributed by atoms with E-state index in [4.69, 9.17) is 14.6 Å². The largest absolute Gasteiger partial charge is 0.493 e. The van der Waals surface area contributed by atoms with Crippen LogP contribution >= 0.6 is 11.8 Å². The van der Waals surface area contributed by atoms with Crippen molar-refractivity contribution in [3.63, 3.8) is 0 Å². The number of carbonyl (C=O) groups is 2. The lowest BCUT2D eigenvalue weighted by Crippen LogP contribution is -2.28. The van der Waals surface area contributed by atoms with Crippen molar-refractivity contribution in [3.05, 3.63) is 58.5 Å². The maximum absolute atomic E-state index is 13.0. The molecule has 1 aliphatic heterocycles. The van der Waals surface area contributed by atoms with Gasteiger partial charge < -0.3 is 14.6 Å². The number of hydrogen-bond donors (Lipinski definition) is 1. The number of thioether (sulfide) groups is 1. The molecule has 8 heteroatoms. The van der Waals surface area contributed by atoms with Crippen LogP contribution in [0.25, 0.3) is 6.08 Å². The highest BCUT2D eigenvalue weighted by Gasteiger charge is 2.32. The number of rotatable bonds is 8. The summed E-state index contributed by atoms with van der Waals surface area (Å²) in [4.78, 5) is 30.7. The summed E-state index contributed by atoms with van der Waals surface area (Å²) in [5.74, 6) is 0.0746. The molecule has 0 unspecified atom stereocenters. The van der Waals surface area contributed by atoms with Crippen LogP contribution in [0.4, 0.5) is 5.69 Å². The molecule has 0 bridgehead atoms. The second-order valence-electron chi connectivity index (χ2n) is 6.63. The quantitative estimate of drug-likeness (QED) is 0.593. The SMILES string of the molecule is CCCOc1c(/C=C2/SC(=Nc3ccc(C(=O)O)cc3)N(CC)C2=O)cccc1OC. The third-order valence-electron chi connectivity index (χ3n) is 4.51. The number of aromatic carboxylic acids is 1. The van der Waals surface area contributed by atoms with Gasteiger partial charge in [0.05, 0.1) is 29.9 Å². The fraction of sp³-hybridized carbons (Fsp3) is 0.261. The van der Waals surface area contributed by atoms with E-state index in [1.165, 1.54) is 23.9 Å². The van der Waals surface area contributed by atoms with E-state index in [1.807, 2.05) is 32.0 Å². The highest BCUT2D eigenvalue weighted by molar-refractivity contribution is 8.18. The van der Waals surface area contributed by atoms with Crippen molar-refractivity contribution in [2.24, 2.45) is 4.99 Å². The number of ether oxygens (including phenoxy) is 2. The molecule has 1 amide bonds. The molecule has 31 heavy (non-hydrogen) atoms. The normalized spacial score (nSPS) is 16.2. The van der Waals surface area contributed by atoms with Gasteiger partial charge >= 0.3 is 5.97 Å². The summed E-state index contributed by atoms with van der Waals surface area (Å²) in [7, 11) is 1.58. The minimum absolute atomic E-state index is 0.141. The van der Waals surface area contributed by atoms with Crippen LogP contribution in [-0.2, 0) is 4.79 Å². The molecule has 1 saturated heterocycles. The Kier molecular flexibility index (Phi) is 7.36. The Labute approximate surface area is 185 Å². The van der Waals surface area contributed by atoms with Crippen LogP contribution in [0.15, 0.2) is 52.4 Å². The van der Waals surface area contributed by atoms with E-state index in [1.54, 1.807) is 30.2 Å². The topological polar surface area (TPSA) is 88.4 Å². The summed E-state index contributed by atoms with van der Waals surface area (Å²) in [6.45, 7) is 4.91. The summed E-state index contributed by atoms with van der Waals surface area (Å²) in [6, 6.07) is 11.8. The van der Waals surface area contributed by atoms with Crippen LogP contribution in [-0.4, -0.2) is 47.3 Å². The van der Waals surface area contributed by atoms with E-state index in [0.717, 1.165) is 12.0 Å². The van der Waals surface area contributed by atoms with E-state index in [2.05, 4.69) is 4.99 Å². The fourth-order valence-electron chi connectivity index (χ4n) is 2.97. The van der Waals surface area contributed by atoms with Gasteiger partial charge in [-0.15, -0.1) is 0 Å². The summed E-state index contributed by atoms with van der Waals surface area (Å²) >= 11 is 1.27. The Hall–Kier alpha value is -3.26. The number of nitrogens with zero attached hydrogens (tertiary/aromatic N) is 2. The number of para-hydroxylation sites is 1. The number of carboxylic acids is 1. The van der Waals surface area contributed by atoms with Crippen molar-refractivity contribution in [2.75, 3.05) is 20.3 Å². The van der Waals surface area contributed by atoms with Gasteiger partial charge in [0.1, 0.15) is 0 Å². The number of amides is 1. The number of methoxy groups -OCH3 is 1. The zero-order valence-corrected chi connectivity index (χ0v) is 18.4. The van der Waals surface area contributed by atoms with E-state index in [0.29, 0.717) is 40.4 Å². The van der Waals surface area contributed by atoms with E-state index in [-0.39, 0.29) is 11.5 Å². The highest BCUT2D eigenvalue weighted by atomic mass is 32.2. The maximum atomic E-state index is 13.0. The summed E-state index contributed by atoms with van der Waals surface area (Å²) in [6.07, 6.45) is 2.64. The Balaban J connectivity index is 1.94. The second kappa shape index (κ2) is 10.2. The Morgan fingerprint density at radius 2 is 1.94 bits per heavy atom. The molecular formula is C23H24N2O5S. The molecule has 1 aliphatic rings. The smallest absolute Gasteiger partial charge is 0.335 e. The molecule has 7 nitrogen and oxygen atoms in total. The van der Waals surface area contributed by atoms with Crippen LogP contribution in [0, 0.1) is 0 Å². The summed E-state index contributed by atoms with van der Waals surface area (Å²) in [5.41, 5.74) is 1.52. The van der Waals surface area contributed by atoms with Crippen LogP contribution in [0.5, 0.6) is 11.5 Å². The number of benzene rings is 2. The van der Waals surface area contributed by atoms with Crippen LogP contribution < -0.4 is 9.47 Å². The highest BCUT2D eigenvalue weighted by Crippen LogP contribution is 2.38. The van der Waals surface area contributed by atoms with Crippen molar-refractivity contribution < 1.29 is 24.2 Å². The molecule has 0 aliphatic carbocycles. The van der Waals surface area contributed by atoms with Crippen molar-refractivity contribution in [1.29, 1.82) is 0 Å². The average Bonchev–Trinajstić information content (AvgIpc) is 3.06. The molecule has 0 saturated carbocycles. The molecule has 3 rings (SSSR count). The Bertz CT molecular complexity index is 1030. The molecular weight excluding hydrogens is 416 g/mol. The van der Waals surface area contributed by atoms with Crippen molar-refractivity contribution >= 4 is 40.6 Å². The number of carbonyl (C=O) groups excluding carboxylic acids is 1. The number of aliphatic imine (C=N–C) groups is 1. The molecule has 0 atom stereocenters. The zero-order valence-electron chi connectivity index (χ0n) is 17.6. The zero-order chi connectivity index (χ0) is 22.4. The molecule has 2 aromatic rings. The molecule has 1 N–H and O–H groups in total. The summed E-state index contributed by atoms with van der Waals surface area (Å²) in [5, 5.41) is 9.59. The third-order valence-corrected chi connectivity index (χ3v) is 5.52. The lowest BCUT2D eigenvalue weighted by molar-refractivity contribution is -0.122. The molecule has 1 heterocycles.